The number of methoxy groups -OCH3 is 1. The summed E-state index contributed by atoms with van der Waals surface area (Å²) in [6, 6.07) is 3.56. The molecule has 0 bridgehead atoms. The molecule has 0 aliphatic carbocycles. The fourth-order valence-corrected chi connectivity index (χ4v) is 2.13. The maximum Gasteiger partial charge on any atom is 0.121 e. The Hall–Kier alpha value is -0.400. The zero-order chi connectivity index (χ0) is 10.0. The van der Waals surface area contributed by atoms with Gasteiger partial charge < -0.3 is 4.74 Å². The van der Waals surface area contributed by atoms with Crippen LogP contribution in [0.2, 0.25) is 10.0 Å². The van der Waals surface area contributed by atoms with Gasteiger partial charge in [0, 0.05) is 10.0 Å². The van der Waals surface area contributed by atoms with Crippen molar-refractivity contribution in [3.05, 3.63) is 27.7 Å². The zero-order valence-electron chi connectivity index (χ0n) is 7.90. The van der Waals surface area contributed by atoms with Gasteiger partial charge in [0.15, 0.2) is 0 Å². The lowest BCUT2D eigenvalue weighted by molar-refractivity contribution is 0.414. The minimum absolute atomic E-state index is 0.325. The second-order valence-electron chi connectivity index (χ2n) is 3.16. The minimum Gasteiger partial charge on any atom is -0.497 e. The van der Waals surface area contributed by atoms with E-state index in [2.05, 4.69) is 13.8 Å². The second kappa shape index (κ2) is 4.21. The Kier molecular flexibility index (Phi) is 3.46. The van der Waals surface area contributed by atoms with Gasteiger partial charge in [-0.3, -0.25) is 0 Å². The molecule has 1 aromatic rings. The monoisotopic (exact) mass is 218 g/mol. The molecule has 0 aromatic heterocycles. The number of benzene rings is 1. The molecule has 0 fully saturated rings. The van der Waals surface area contributed by atoms with E-state index in [1.807, 2.05) is 0 Å². The van der Waals surface area contributed by atoms with Crippen LogP contribution in [0.15, 0.2) is 12.1 Å². The van der Waals surface area contributed by atoms with Gasteiger partial charge in [-0.2, -0.15) is 0 Å². The Bertz CT molecular complexity index is 285. The highest BCUT2D eigenvalue weighted by Gasteiger charge is 2.11. The second-order valence-corrected chi connectivity index (χ2v) is 3.97. The number of rotatable bonds is 2. The summed E-state index contributed by atoms with van der Waals surface area (Å²) in [7, 11) is 1.59. The van der Waals surface area contributed by atoms with Gasteiger partial charge in [-0.05, 0) is 23.6 Å². The molecule has 0 atom stereocenters. The molecule has 0 unspecified atom stereocenters. The van der Waals surface area contributed by atoms with Crippen molar-refractivity contribution in [1.82, 2.24) is 0 Å². The molecule has 1 rings (SSSR count). The third-order valence-electron chi connectivity index (χ3n) is 1.87. The van der Waals surface area contributed by atoms with Crippen molar-refractivity contribution in [3.63, 3.8) is 0 Å². The predicted molar refractivity (Wildman–Crippen MR) is 57.1 cm³/mol. The molecule has 0 spiro atoms. The predicted octanol–water partition coefficient (Wildman–Crippen LogP) is 4.13. The first-order chi connectivity index (χ1) is 6.06. The summed E-state index contributed by atoms with van der Waals surface area (Å²) in [5.74, 6) is 1.02. The van der Waals surface area contributed by atoms with E-state index in [9.17, 15) is 0 Å². The van der Waals surface area contributed by atoms with Gasteiger partial charge in [0.05, 0.1) is 7.11 Å². The van der Waals surface area contributed by atoms with Gasteiger partial charge in [-0.1, -0.05) is 37.0 Å². The Labute approximate surface area is 88.6 Å². The van der Waals surface area contributed by atoms with Crippen LogP contribution in [0.25, 0.3) is 0 Å². The highest BCUT2D eigenvalue weighted by Crippen LogP contribution is 2.34. The van der Waals surface area contributed by atoms with Gasteiger partial charge >= 0.3 is 0 Å². The first-order valence-corrected chi connectivity index (χ1v) is 4.84. The van der Waals surface area contributed by atoms with E-state index in [-0.39, 0.29) is 0 Å². The van der Waals surface area contributed by atoms with Crippen molar-refractivity contribution in [2.75, 3.05) is 7.11 Å². The summed E-state index contributed by atoms with van der Waals surface area (Å²) >= 11 is 12.1. The lowest BCUT2D eigenvalue weighted by Crippen LogP contribution is -1.92. The van der Waals surface area contributed by atoms with Crippen molar-refractivity contribution in [2.24, 2.45) is 0 Å². The van der Waals surface area contributed by atoms with Crippen LogP contribution >= 0.6 is 23.2 Å². The van der Waals surface area contributed by atoms with E-state index in [1.54, 1.807) is 19.2 Å². The third kappa shape index (κ3) is 2.29. The lowest BCUT2D eigenvalue weighted by atomic mass is 10.0. The first kappa shape index (κ1) is 10.7. The van der Waals surface area contributed by atoms with E-state index >= 15 is 0 Å². The fraction of sp³-hybridized carbons (Fsp3) is 0.400. The van der Waals surface area contributed by atoms with Crippen molar-refractivity contribution in [2.45, 2.75) is 19.8 Å². The van der Waals surface area contributed by atoms with Gasteiger partial charge in [0.2, 0.25) is 0 Å². The molecule has 0 radical (unpaired) electrons. The lowest BCUT2D eigenvalue weighted by Gasteiger charge is -2.11. The van der Waals surface area contributed by atoms with Crippen LogP contribution in [0.4, 0.5) is 0 Å². The molecule has 0 saturated heterocycles. The first-order valence-electron chi connectivity index (χ1n) is 4.09. The molecule has 13 heavy (non-hydrogen) atoms. The molecule has 0 saturated carbocycles. The van der Waals surface area contributed by atoms with E-state index < -0.39 is 0 Å². The molecule has 0 aliphatic heterocycles. The summed E-state index contributed by atoms with van der Waals surface area (Å²) in [5, 5.41) is 1.33. The van der Waals surface area contributed by atoms with Crippen molar-refractivity contribution in [1.29, 1.82) is 0 Å². The van der Waals surface area contributed by atoms with E-state index in [4.69, 9.17) is 27.9 Å². The highest BCUT2D eigenvalue weighted by molar-refractivity contribution is 6.36. The Morgan fingerprint density at radius 2 is 1.62 bits per heavy atom. The summed E-state index contributed by atoms with van der Waals surface area (Å²) in [4.78, 5) is 0. The number of ether oxygens (including phenoxy) is 1. The highest BCUT2D eigenvalue weighted by atomic mass is 35.5. The largest absolute Gasteiger partial charge is 0.497 e. The zero-order valence-corrected chi connectivity index (χ0v) is 9.41. The van der Waals surface area contributed by atoms with Crippen molar-refractivity contribution in [3.8, 4) is 5.75 Å². The van der Waals surface area contributed by atoms with Crippen LogP contribution in [0.1, 0.15) is 25.3 Å². The van der Waals surface area contributed by atoms with Gasteiger partial charge in [-0.15, -0.1) is 0 Å². The summed E-state index contributed by atoms with van der Waals surface area (Å²) < 4.78 is 5.04. The SMILES string of the molecule is COc1cc(Cl)c(C(C)C)c(Cl)c1. The van der Waals surface area contributed by atoms with E-state index in [1.165, 1.54) is 0 Å². The maximum atomic E-state index is 6.04. The minimum atomic E-state index is 0.325. The van der Waals surface area contributed by atoms with Crippen molar-refractivity contribution >= 4 is 23.2 Å². The quantitative estimate of drug-likeness (QED) is 0.726. The molecule has 0 N–H and O–H groups in total. The summed E-state index contributed by atoms with van der Waals surface area (Å²) in [6.45, 7) is 4.11. The van der Waals surface area contributed by atoms with Crippen LogP contribution in [0.3, 0.4) is 0 Å². The molecular formula is C10H12Cl2O. The van der Waals surface area contributed by atoms with Crippen LogP contribution in [0.5, 0.6) is 5.75 Å². The molecule has 72 valence electrons. The van der Waals surface area contributed by atoms with Crippen molar-refractivity contribution < 1.29 is 4.74 Å². The van der Waals surface area contributed by atoms with Crippen LogP contribution in [0, 0.1) is 0 Å². The Morgan fingerprint density at radius 1 is 1.15 bits per heavy atom. The fourth-order valence-electron chi connectivity index (χ4n) is 1.23. The molecule has 0 amide bonds. The summed E-state index contributed by atoms with van der Waals surface area (Å²) in [6.07, 6.45) is 0. The van der Waals surface area contributed by atoms with Gasteiger partial charge in [0.25, 0.3) is 0 Å². The normalized spacial score (nSPS) is 10.6. The number of hydrogen-bond acceptors (Lipinski definition) is 1. The summed E-state index contributed by atoms with van der Waals surface area (Å²) in [5.41, 5.74) is 0.976. The van der Waals surface area contributed by atoms with Gasteiger partial charge in [-0.25, -0.2) is 0 Å². The van der Waals surface area contributed by atoms with E-state index in [0.29, 0.717) is 21.7 Å². The van der Waals surface area contributed by atoms with Gasteiger partial charge in [0.1, 0.15) is 5.75 Å². The number of halogens is 2. The Morgan fingerprint density at radius 3 is 1.92 bits per heavy atom. The smallest absolute Gasteiger partial charge is 0.121 e. The Balaban J connectivity index is 3.23. The average molecular weight is 219 g/mol. The number of hydrogen-bond donors (Lipinski definition) is 0. The van der Waals surface area contributed by atoms with Crippen LogP contribution < -0.4 is 4.74 Å². The van der Waals surface area contributed by atoms with Crippen LogP contribution in [-0.2, 0) is 0 Å². The molecule has 0 heterocycles. The molecule has 0 aliphatic rings. The standard InChI is InChI=1S/C10H12Cl2O/c1-6(2)10-8(11)4-7(13-3)5-9(10)12/h4-6H,1-3H3. The van der Waals surface area contributed by atoms with E-state index in [0.717, 1.165) is 5.56 Å². The molecular weight excluding hydrogens is 207 g/mol. The topological polar surface area (TPSA) is 9.23 Å². The maximum absolute atomic E-state index is 6.04. The molecule has 1 aromatic carbocycles. The van der Waals surface area contributed by atoms with Crippen LogP contribution in [-0.4, -0.2) is 7.11 Å². The third-order valence-corrected chi connectivity index (χ3v) is 2.49. The molecule has 3 heteroatoms. The molecule has 1 nitrogen and oxygen atoms in total. The average Bonchev–Trinajstić information content (AvgIpc) is 2.02.